The van der Waals surface area contributed by atoms with E-state index in [2.05, 4.69) is 16.0 Å². The van der Waals surface area contributed by atoms with Crippen molar-refractivity contribution in [3.63, 3.8) is 0 Å². The molecule has 33 heavy (non-hydrogen) atoms. The van der Waals surface area contributed by atoms with Gasteiger partial charge in [-0.05, 0) is 19.3 Å². The normalized spacial score (nSPS) is 16.3. The zero-order chi connectivity index (χ0) is 25.9. The Kier molecular flexibility index (Phi) is 12.6. The Morgan fingerprint density at radius 2 is 1.42 bits per heavy atom. The molecule has 0 bridgehead atoms. The van der Waals surface area contributed by atoms with Crippen LogP contribution in [0.2, 0.25) is 0 Å². The monoisotopic (exact) mass is 475 g/mol. The Morgan fingerprint density at radius 1 is 0.879 bits per heavy atom. The summed E-state index contributed by atoms with van der Waals surface area (Å²) in [6.45, 7) is 4.50. The molecule has 0 spiro atoms. The van der Waals surface area contributed by atoms with Crippen LogP contribution in [0, 0.1) is 5.92 Å². The maximum atomic E-state index is 12.7. The van der Waals surface area contributed by atoms with Crippen LogP contribution in [0.5, 0.6) is 0 Å². The van der Waals surface area contributed by atoms with Gasteiger partial charge in [0.05, 0.1) is 18.6 Å². The first kappa shape index (κ1) is 29.7. The first-order valence-corrected chi connectivity index (χ1v) is 10.3. The number of nitrogens with two attached hydrogens (primary N) is 2. The van der Waals surface area contributed by atoms with E-state index in [1.54, 1.807) is 13.8 Å². The van der Waals surface area contributed by atoms with Crippen LogP contribution in [0.1, 0.15) is 46.5 Å². The quantitative estimate of drug-likeness (QED) is 0.119. The van der Waals surface area contributed by atoms with Gasteiger partial charge < -0.3 is 42.7 Å². The van der Waals surface area contributed by atoms with Gasteiger partial charge in [0.2, 0.25) is 23.6 Å². The number of carboxylic acids is 2. The van der Waals surface area contributed by atoms with E-state index in [0.717, 1.165) is 0 Å². The van der Waals surface area contributed by atoms with E-state index in [1.165, 1.54) is 6.92 Å². The fourth-order valence-electron chi connectivity index (χ4n) is 2.71. The number of aliphatic carboxylic acids is 2. The predicted octanol–water partition coefficient (Wildman–Crippen LogP) is -2.98. The van der Waals surface area contributed by atoms with Crippen molar-refractivity contribution in [1.82, 2.24) is 16.0 Å². The highest BCUT2D eigenvalue weighted by molar-refractivity contribution is 5.95. The molecule has 0 fully saturated rings. The van der Waals surface area contributed by atoms with Crippen LogP contribution in [0.15, 0.2) is 0 Å². The largest absolute Gasteiger partial charge is 0.481 e. The molecule has 0 radical (unpaired) electrons. The molecule has 14 nitrogen and oxygen atoms in total. The van der Waals surface area contributed by atoms with Gasteiger partial charge in [-0.1, -0.05) is 20.3 Å². The molecule has 188 valence electrons. The van der Waals surface area contributed by atoms with E-state index in [0.29, 0.717) is 6.42 Å². The smallest absolute Gasteiger partial charge is 0.326 e. The molecule has 0 aromatic rings. The van der Waals surface area contributed by atoms with Crippen molar-refractivity contribution in [1.29, 1.82) is 0 Å². The average molecular weight is 475 g/mol. The van der Waals surface area contributed by atoms with Crippen molar-refractivity contribution in [2.45, 2.75) is 76.7 Å². The van der Waals surface area contributed by atoms with Crippen molar-refractivity contribution in [3.8, 4) is 0 Å². The molecule has 0 aliphatic rings. The summed E-state index contributed by atoms with van der Waals surface area (Å²) in [6, 6.07) is -5.77. The van der Waals surface area contributed by atoms with E-state index in [4.69, 9.17) is 16.6 Å². The second kappa shape index (κ2) is 14.0. The first-order chi connectivity index (χ1) is 15.2. The number of hydrogen-bond donors (Lipinski definition) is 8. The van der Waals surface area contributed by atoms with Crippen LogP contribution in [0.4, 0.5) is 0 Å². The van der Waals surface area contributed by atoms with Crippen molar-refractivity contribution in [3.05, 3.63) is 0 Å². The summed E-state index contributed by atoms with van der Waals surface area (Å²) in [7, 11) is 0. The summed E-state index contributed by atoms with van der Waals surface area (Å²) in [4.78, 5) is 70.8. The van der Waals surface area contributed by atoms with Gasteiger partial charge in [-0.2, -0.15) is 0 Å². The molecule has 0 aliphatic heterocycles. The second-order valence-corrected chi connectivity index (χ2v) is 7.71. The lowest BCUT2D eigenvalue weighted by atomic mass is 9.98. The van der Waals surface area contributed by atoms with Gasteiger partial charge in [0.1, 0.15) is 18.1 Å². The van der Waals surface area contributed by atoms with E-state index < -0.39 is 91.0 Å². The summed E-state index contributed by atoms with van der Waals surface area (Å²) in [5, 5.41) is 34.9. The Labute approximate surface area is 190 Å². The highest BCUT2D eigenvalue weighted by Gasteiger charge is 2.34. The minimum Gasteiger partial charge on any atom is -0.481 e. The number of carbonyl (C=O) groups is 6. The second-order valence-electron chi connectivity index (χ2n) is 7.71. The van der Waals surface area contributed by atoms with Gasteiger partial charge in [0.15, 0.2) is 0 Å². The van der Waals surface area contributed by atoms with Gasteiger partial charge in [0.25, 0.3) is 0 Å². The van der Waals surface area contributed by atoms with Crippen LogP contribution >= 0.6 is 0 Å². The number of rotatable bonds is 15. The number of amides is 4. The highest BCUT2D eigenvalue weighted by atomic mass is 16.4. The Morgan fingerprint density at radius 3 is 1.85 bits per heavy atom. The van der Waals surface area contributed by atoms with Gasteiger partial charge in [0, 0.05) is 6.42 Å². The van der Waals surface area contributed by atoms with E-state index in [-0.39, 0.29) is 0 Å². The lowest BCUT2D eigenvalue weighted by Crippen LogP contribution is -2.60. The average Bonchev–Trinajstić information content (AvgIpc) is 2.70. The fraction of sp³-hybridized carbons (Fsp3) is 0.684. The summed E-state index contributed by atoms with van der Waals surface area (Å²) in [5.74, 6) is -6.86. The van der Waals surface area contributed by atoms with Crippen molar-refractivity contribution < 1.29 is 44.1 Å². The molecule has 0 aliphatic carbocycles. The van der Waals surface area contributed by atoms with Crippen LogP contribution in [-0.2, 0) is 28.8 Å². The Bertz CT molecular complexity index is 743. The summed E-state index contributed by atoms with van der Waals surface area (Å²) in [6.07, 6.45) is -2.49. The van der Waals surface area contributed by atoms with E-state index in [9.17, 15) is 39.0 Å². The molecule has 0 saturated heterocycles. The molecule has 6 unspecified atom stereocenters. The van der Waals surface area contributed by atoms with Gasteiger partial charge >= 0.3 is 11.9 Å². The third-order valence-electron chi connectivity index (χ3n) is 4.88. The number of carbonyl (C=O) groups excluding carboxylic acids is 4. The third-order valence-corrected chi connectivity index (χ3v) is 4.88. The molecular formula is C19H33N5O9. The lowest BCUT2D eigenvalue weighted by Gasteiger charge is -2.27. The minimum atomic E-state index is -1.60. The summed E-state index contributed by atoms with van der Waals surface area (Å²) >= 11 is 0. The van der Waals surface area contributed by atoms with Gasteiger partial charge in [-0.3, -0.25) is 24.0 Å². The number of aliphatic hydroxyl groups is 1. The van der Waals surface area contributed by atoms with Gasteiger partial charge in [-0.25, -0.2) is 4.79 Å². The number of primary amides is 1. The molecule has 6 atom stereocenters. The molecule has 0 aromatic carbocycles. The number of hydrogen-bond acceptors (Lipinski definition) is 8. The fourth-order valence-corrected chi connectivity index (χ4v) is 2.71. The highest BCUT2D eigenvalue weighted by Crippen LogP contribution is 2.09. The van der Waals surface area contributed by atoms with Crippen LogP contribution in [-0.4, -0.2) is 81.2 Å². The minimum absolute atomic E-state index is 0.394. The van der Waals surface area contributed by atoms with Crippen molar-refractivity contribution in [2.75, 3.05) is 0 Å². The summed E-state index contributed by atoms with van der Waals surface area (Å²) < 4.78 is 0. The number of nitrogens with one attached hydrogen (secondary N) is 3. The zero-order valence-corrected chi connectivity index (χ0v) is 18.7. The van der Waals surface area contributed by atoms with Crippen molar-refractivity contribution >= 4 is 35.6 Å². The Hall–Kier alpha value is -3.26. The van der Waals surface area contributed by atoms with Crippen LogP contribution in [0.3, 0.4) is 0 Å². The Balaban J connectivity index is 5.54. The molecule has 0 heterocycles. The molecule has 14 heteroatoms. The van der Waals surface area contributed by atoms with Crippen molar-refractivity contribution in [2.24, 2.45) is 17.4 Å². The van der Waals surface area contributed by atoms with E-state index in [1.807, 2.05) is 0 Å². The third kappa shape index (κ3) is 10.7. The maximum Gasteiger partial charge on any atom is 0.326 e. The zero-order valence-electron chi connectivity index (χ0n) is 18.7. The van der Waals surface area contributed by atoms with Crippen LogP contribution < -0.4 is 27.4 Å². The molecule has 0 rings (SSSR count). The SMILES string of the molecule is CCC(C)C(NC(=O)C(NC(=O)C(CCC(=O)O)NC(=O)C(N)CC(N)=O)C(C)O)C(=O)O. The standard InChI is InChI=1S/C19H33N5O9/c1-4-8(2)14(19(32)33)23-18(31)15(9(3)25)24-17(30)11(5-6-13(27)28)22-16(29)10(20)7-12(21)26/h8-11,14-15,25H,4-7,20H2,1-3H3,(H2,21,26)(H,22,29)(H,23,31)(H,24,30)(H,27,28)(H,32,33). The summed E-state index contributed by atoms with van der Waals surface area (Å²) in [5.41, 5.74) is 10.5. The van der Waals surface area contributed by atoms with E-state index >= 15 is 0 Å². The molecular weight excluding hydrogens is 442 g/mol. The maximum absolute atomic E-state index is 12.7. The molecule has 0 saturated carbocycles. The number of carboxylic acid groups (broad SMARTS) is 2. The predicted molar refractivity (Wildman–Crippen MR) is 113 cm³/mol. The lowest BCUT2D eigenvalue weighted by molar-refractivity contribution is -0.144. The molecule has 10 N–H and O–H groups in total. The molecule has 0 aromatic heterocycles. The van der Waals surface area contributed by atoms with Crippen LogP contribution in [0.25, 0.3) is 0 Å². The number of aliphatic hydroxyl groups excluding tert-OH is 1. The topological polar surface area (TPSA) is 251 Å². The first-order valence-electron chi connectivity index (χ1n) is 10.3. The van der Waals surface area contributed by atoms with Gasteiger partial charge in [-0.15, -0.1) is 0 Å². The molecule has 4 amide bonds.